The number of hydrogen-bond acceptors (Lipinski definition) is 5. The molecule has 112 valence electrons. The summed E-state index contributed by atoms with van der Waals surface area (Å²) in [6, 6.07) is 8.11. The fourth-order valence-electron chi connectivity index (χ4n) is 3.01. The van der Waals surface area contributed by atoms with Crippen LogP contribution in [-0.2, 0) is 19.1 Å². The number of amides is 2. The summed E-state index contributed by atoms with van der Waals surface area (Å²) >= 11 is 5.87. The highest BCUT2D eigenvalue weighted by atomic mass is 35.5. The molecule has 3 rings (SSSR count). The fourth-order valence-corrected chi connectivity index (χ4v) is 3.19. The van der Waals surface area contributed by atoms with Gasteiger partial charge in [0.25, 0.3) is 0 Å². The third-order valence-corrected chi connectivity index (χ3v) is 4.28. The second kappa shape index (κ2) is 4.82. The Bertz CT molecular complexity index is 717. The number of piperidine rings is 1. The molecule has 3 atom stereocenters. The molecule has 1 saturated heterocycles. The van der Waals surface area contributed by atoms with Gasteiger partial charge in [0.2, 0.25) is 11.8 Å². The molecule has 6 nitrogen and oxygen atoms in total. The van der Waals surface area contributed by atoms with Crippen LogP contribution in [0.15, 0.2) is 24.3 Å². The Kier molecular flexibility index (Phi) is 3.18. The first-order valence-corrected chi connectivity index (χ1v) is 7.08. The highest BCUT2D eigenvalue weighted by Crippen LogP contribution is 2.64. The van der Waals surface area contributed by atoms with Gasteiger partial charge in [0.15, 0.2) is 5.41 Å². The minimum absolute atomic E-state index is 0.0854. The first-order valence-electron chi connectivity index (χ1n) is 6.71. The van der Waals surface area contributed by atoms with Gasteiger partial charge in [-0.3, -0.25) is 14.4 Å². The topological polar surface area (TPSA) is 87.5 Å². The van der Waals surface area contributed by atoms with Crippen LogP contribution < -0.4 is 4.90 Å². The number of ether oxygens (including phenoxy) is 1. The number of carbonyl (C=O) groups is 3. The van der Waals surface area contributed by atoms with Crippen molar-refractivity contribution < 1.29 is 19.1 Å². The number of anilines is 1. The molecule has 0 N–H and O–H groups in total. The van der Waals surface area contributed by atoms with Crippen molar-refractivity contribution in [3.05, 3.63) is 29.3 Å². The summed E-state index contributed by atoms with van der Waals surface area (Å²) in [5.41, 5.74) is -1.33. The van der Waals surface area contributed by atoms with E-state index in [1.165, 1.54) is 6.07 Å². The van der Waals surface area contributed by atoms with Gasteiger partial charge in [-0.25, -0.2) is 4.90 Å². The Balaban J connectivity index is 1.94. The predicted molar refractivity (Wildman–Crippen MR) is 75.6 cm³/mol. The van der Waals surface area contributed by atoms with Gasteiger partial charge in [-0.15, -0.1) is 0 Å². The molecule has 0 bridgehead atoms. The van der Waals surface area contributed by atoms with Crippen LogP contribution in [-0.4, -0.2) is 24.4 Å². The maximum absolute atomic E-state index is 12.5. The first-order chi connectivity index (χ1) is 10.5. The van der Waals surface area contributed by atoms with Gasteiger partial charge in [0, 0.05) is 5.02 Å². The number of carbonyl (C=O) groups excluding carboxylic acids is 3. The molecule has 1 aliphatic carbocycles. The maximum Gasteiger partial charge on any atom is 0.328 e. The second-order valence-electron chi connectivity index (χ2n) is 5.15. The lowest BCUT2D eigenvalue weighted by Crippen LogP contribution is -2.40. The van der Waals surface area contributed by atoms with E-state index in [0.29, 0.717) is 10.7 Å². The van der Waals surface area contributed by atoms with Gasteiger partial charge in [-0.2, -0.15) is 5.26 Å². The van der Waals surface area contributed by atoms with Crippen LogP contribution in [0.2, 0.25) is 5.02 Å². The number of hydrogen-bond donors (Lipinski definition) is 0. The molecule has 7 heteroatoms. The molecular weight excluding hydrogens is 308 g/mol. The van der Waals surface area contributed by atoms with Gasteiger partial charge < -0.3 is 4.74 Å². The monoisotopic (exact) mass is 318 g/mol. The molecule has 1 aliphatic heterocycles. The van der Waals surface area contributed by atoms with Crippen molar-refractivity contribution in [2.45, 2.75) is 6.92 Å². The summed E-state index contributed by atoms with van der Waals surface area (Å²) in [6.45, 7) is 1.69. The molecule has 0 aromatic heterocycles. The Morgan fingerprint density at radius 2 is 2.05 bits per heavy atom. The zero-order valence-electron chi connectivity index (χ0n) is 11.6. The minimum Gasteiger partial charge on any atom is -0.465 e. The third kappa shape index (κ3) is 1.69. The summed E-state index contributed by atoms with van der Waals surface area (Å²) in [6.07, 6.45) is 0. The van der Waals surface area contributed by atoms with Gasteiger partial charge in [0.1, 0.15) is 0 Å². The molecule has 1 heterocycles. The molecule has 1 aromatic rings. The lowest BCUT2D eigenvalue weighted by atomic mass is 10.0. The smallest absolute Gasteiger partial charge is 0.328 e. The molecule has 1 saturated carbocycles. The lowest BCUT2D eigenvalue weighted by Gasteiger charge is -2.20. The van der Waals surface area contributed by atoms with Crippen molar-refractivity contribution >= 4 is 35.1 Å². The van der Waals surface area contributed by atoms with E-state index in [1.807, 2.05) is 6.07 Å². The number of rotatable bonds is 3. The van der Waals surface area contributed by atoms with Crippen LogP contribution in [0, 0.1) is 28.6 Å². The minimum atomic E-state index is -1.67. The van der Waals surface area contributed by atoms with Crippen molar-refractivity contribution in [3.63, 3.8) is 0 Å². The normalized spacial score (nSPS) is 29.0. The van der Waals surface area contributed by atoms with Crippen LogP contribution >= 0.6 is 11.6 Å². The number of nitrogens with zero attached hydrogens (tertiary/aromatic N) is 2. The van der Waals surface area contributed by atoms with Gasteiger partial charge in [0.05, 0.1) is 30.2 Å². The molecule has 0 spiro atoms. The van der Waals surface area contributed by atoms with E-state index in [0.717, 1.165) is 4.90 Å². The van der Waals surface area contributed by atoms with E-state index < -0.39 is 35.0 Å². The molecule has 1 aromatic carbocycles. The third-order valence-electron chi connectivity index (χ3n) is 4.04. The van der Waals surface area contributed by atoms with Crippen molar-refractivity contribution in [1.29, 1.82) is 5.26 Å². The Hall–Kier alpha value is -2.39. The highest BCUT2D eigenvalue weighted by Gasteiger charge is 2.83. The molecule has 2 amide bonds. The molecule has 22 heavy (non-hydrogen) atoms. The number of esters is 1. The molecule has 0 radical (unpaired) electrons. The SMILES string of the molecule is CCOC(=O)C1(C#N)[C@@H]2C(=O)N(c3cccc(Cl)c3)C(=O)[C@@H]21. The quantitative estimate of drug-likeness (QED) is 0.623. The predicted octanol–water partition coefficient (Wildman–Crippen LogP) is 1.53. The highest BCUT2D eigenvalue weighted by molar-refractivity contribution is 6.32. The van der Waals surface area contributed by atoms with Crippen molar-refractivity contribution in [1.82, 2.24) is 0 Å². The number of fused-ring (bicyclic) bond motifs is 1. The number of nitriles is 1. The van der Waals surface area contributed by atoms with E-state index in [4.69, 9.17) is 16.3 Å². The van der Waals surface area contributed by atoms with Crippen LogP contribution in [0.4, 0.5) is 5.69 Å². The average molecular weight is 319 g/mol. The standard InChI is InChI=1S/C15H11ClN2O4/c1-2-22-14(21)15(7-17)10-11(15)13(20)18(12(10)19)9-5-3-4-8(16)6-9/h3-6,10-11H,2H2,1H3/t10-,11+,15?. The summed E-state index contributed by atoms with van der Waals surface area (Å²) in [5, 5.41) is 9.69. The van der Waals surface area contributed by atoms with E-state index in [2.05, 4.69) is 0 Å². The Labute approximate surface area is 131 Å². The Morgan fingerprint density at radius 1 is 1.41 bits per heavy atom. The fraction of sp³-hybridized carbons (Fsp3) is 0.333. The molecule has 1 unspecified atom stereocenters. The maximum atomic E-state index is 12.5. The molecule has 2 aliphatic rings. The van der Waals surface area contributed by atoms with Crippen LogP contribution in [0.5, 0.6) is 0 Å². The summed E-state index contributed by atoms with van der Waals surface area (Å²) in [4.78, 5) is 37.9. The van der Waals surface area contributed by atoms with Crippen molar-refractivity contribution in [2.75, 3.05) is 11.5 Å². The zero-order valence-corrected chi connectivity index (χ0v) is 12.3. The summed E-state index contributed by atoms with van der Waals surface area (Å²) in [7, 11) is 0. The van der Waals surface area contributed by atoms with Crippen molar-refractivity contribution in [3.8, 4) is 6.07 Å². The van der Waals surface area contributed by atoms with E-state index in [-0.39, 0.29) is 6.61 Å². The van der Waals surface area contributed by atoms with E-state index in [9.17, 15) is 19.6 Å². The van der Waals surface area contributed by atoms with E-state index >= 15 is 0 Å². The number of halogens is 1. The van der Waals surface area contributed by atoms with Crippen LogP contribution in [0.1, 0.15) is 6.92 Å². The molecular formula is C15H11ClN2O4. The van der Waals surface area contributed by atoms with Crippen molar-refractivity contribution in [2.24, 2.45) is 17.3 Å². The molecule has 2 fully saturated rings. The zero-order chi connectivity index (χ0) is 16.1. The van der Waals surface area contributed by atoms with E-state index in [1.54, 1.807) is 25.1 Å². The summed E-state index contributed by atoms with van der Waals surface area (Å²) in [5.74, 6) is -3.87. The van der Waals surface area contributed by atoms with Crippen LogP contribution in [0.25, 0.3) is 0 Å². The second-order valence-corrected chi connectivity index (χ2v) is 5.58. The van der Waals surface area contributed by atoms with Crippen LogP contribution in [0.3, 0.4) is 0 Å². The number of benzene rings is 1. The van der Waals surface area contributed by atoms with Gasteiger partial charge in [-0.1, -0.05) is 17.7 Å². The number of imide groups is 1. The van der Waals surface area contributed by atoms with Gasteiger partial charge >= 0.3 is 5.97 Å². The Morgan fingerprint density at radius 3 is 2.55 bits per heavy atom. The first kappa shape index (κ1) is 14.5. The largest absolute Gasteiger partial charge is 0.465 e. The van der Waals surface area contributed by atoms with Gasteiger partial charge in [-0.05, 0) is 25.1 Å². The average Bonchev–Trinajstić information content (AvgIpc) is 3.10. The summed E-state index contributed by atoms with van der Waals surface area (Å²) < 4.78 is 4.85. The lowest BCUT2D eigenvalue weighted by molar-refractivity contribution is -0.150.